The van der Waals surface area contributed by atoms with Crippen LogP contribution in [-0.2, 0) is 16.1 Å². The minimum atomic E-state index is -0.454. The molecule has 0 atom stereocenters. The molecule has 1 aliphatic rings. The van der Waals surface area contributed by atoms with Gasteiger partial charge in [0.25, 0.3) is 5.91 Å². The quantitative estimate of drug-likeness (QED) is 0.813. The standard InChI is InChI=1S/C18H18FN3O4/c1-25-7-6-22-9-14(17(23)18(22)24)15-8-16(21-11-20-15)26-10-12-2-4-13(19)5-3-12/h2-5,8,11,23H,6-7,9-10H2,1H3. The Bertz CT molecular complexity index is 823. The van der Waals surface area contributed by atoms with E-state index in [0.29, 0.717) is 30.3 Å². The van der Waals surface area contributed by atoms with Gasteiger partial charge in [0.2, 0.25) is 5.88 Å². The molecule has 8 heteroatoms. The van der Waals surface area contributed by atoms with E-state index in [0.717, 1.165) is 5.56 Å². The summed E-state index contributed by atoms with van der Waals surface area (Å²) in [5.41, 5.74) is 1.62. The Hall–Kier alpha value is -3.00. The van der Waals surface area contributed by atoms with Crippen LogP contribution in [-0.4, -0.2) is 52.7 Å². The van der Waals surface area contributed by atoms with E-state index in [1.54, 1.807) is 25.3 Å². The number of carbonyl (C=O) groups is 1. The van der Waals surface area contributed by atoms with Gasteiger partial charge in [-0.1, -0.05) is 12.1 Å². The highest BCUT2D eigenvalue weighted by Crippen LogP contribution is 2.26. The number of benzene rings is 1. The molecule has 7 nitrogen and oxygen atoms in total. The molecule has 3 rings (SSSR count). The highest BCUT2D eigenvalue weighted by atomic mass is 19.1. The predicted molar refractivity (Wildman–Crippen MR) is 90.8 cm³/mol. The molecule has 0 aliphatic carbocycles. The number of halogens is 1. The lowest BCUT2D eigenvalue weighted by Gasteiger charge is -2.15. The summed E-state index contributed by atoms with van der Waals surface area (Å²) >= 11 is 0. The lowest BCUT2D eigenvalue weighted by atomic mass is 10.2. The zero-order valence-corrected chi connectivity index (χ0v) is 14.2. The van der Waals surface area contributed by atoms with Crippen molar-refractivity contribution in [2.45, 2.75) is 6.61 Å². The number of aromatic nitrogens is 2. The van der Waals surface area contributed by atoms with E-state index in [9.17, 15) is 14.3 Å². The minimum absolute atomic E-state index is 0.209. The summed E-state index contributed by atoms with van der Waals surface area (Å²) in [4.78, 5) is 21.7. The number of hydrogen-bond donors (Lipinski definition) is 1. The third kappa shape index (κ3) is 3.97. The second kappa shape index (κ2) is 7.92. The van der Waals surface area contributed by atoms with Crippen LogP contribution in [0.5, 0.6) is 5.88 Å². The van der Waals surface area contributed by atoms with Crippen LogP contribution >= 0.6 is 0 Å². The van der Waals surface area contributed by atoms with E-state index in [2.05, 4.69) is 9.97 Å². The van der Waals surface area contributed by atoms with Gasteiger partial charge < -0.3 is 19.5 Å². The van der Waals surface area contributed by atoms with Gasteiger partial charge in [-0.05, 0) is 17.7 Å². The summed E-state index contributed by atoms with van der Waals surface area (Å²) < 4.78 is 23.5. The average Bonchev–Trinajstić information content (AvgIpc) is 2.94. The van der Waals surface area contributed by atoms with Gasteiger partial charge in [0, 0.05) is 25.3 Å². The number of aliphatic hydroxyl groups is 1. The first-order chi connectivity index (χ1) is 12.6. The third-order valence-corrected chi connectivity index (χ3v) is 3.94. The van der Waals surface area contributed by atoms with Crippen LogP contribution in [0.2, 0.25) is 0 Å². The second-order valence-electron chi connectivity index (χ2n) is 5.70. The number of methoxy groups -OCH3 is 1. The fourth-order valence-corrected chi connectivity index (χ4v) is 2.52. The maximum Gasteiger partial charge on any atom is 0.289 e. The molecule has 0 fully saturated rings. The third-order valence-electron chi connectivity index (χ3n) is 3.94. The van der Waals surface area contributed by atoms with Gasteiger partial charge in [0.1, 0.15) is 18.8 Å². The Labute approximate surface area is 149 Å². The molecule has 1 N–H and O–H groups in total. The van der Waals surface area contributed by atoms with Crippen molar-refractivity contribution in [1.29, 1.82) is 0 Å². The van der Waals surface area contributed by atoms with Gasteiger partial charge >= 0.3 is 0 Å². The van der Waals surface area contributed by atoms with Crippen LogP contribution < -0.4 is 4.74 Å². The summed E-state index contributed by atoms with van der Waals surface area (Å²) in [6.45, 7) is 1.20. The maximum atomic E-state index is 12.9. The molecule has 1 aromatic carbocycles. The SMILES string of the molecule is COCCN1CC(c2cc(OCc3ccc(F)cc3)ncn2)=C(O)C1=O. The van der Waals surface area contributed by atoms with Crippen molar-refractivity contribution in [1.82, 2.24) is 14.9 Å². The van der Waals surface area contributed by atoms with Gasteiger partial charge in [-0.25, -0.2) is 14.4 Å². The van der Waals surface area contributed by atoms with E-state index in [4.69, 9.17) is 9.47 Å². The number of hydrogen-bond acceptors (Lipinski definition) is 6. The molecule has 136 valence electrons. The molecular weight excluding hydrogens is 341 g/mol. The minimum Gasteiger partial charge on any atom is -0.503 e. The lowest BCUT2D eigenvalue weighted by Crippen LogP contribution is -2.30. The highest BCUT2D eigenvalue weighted by Gasteiger charge is 2.31. The number of nitrogens with zero attached hydrogens (tertiary/aromatic N) is 3. The molecule has 26 heavy (non-hydrogen) atoms. The molecule has 0 radical (unpaired) electrons. The van der Waals surface area contributed by atoms with Gasteiger partial charge in [0.05, 0.1) is 18.8 Å². The lowest BCUT2D eigenvalue weighted by molar-refractivity contribution is -0.128. The average molecular weight is 359 g/mol. The van der Waals surface area contributed by atoms with E-state index in [1.165, 1.54) is 23.4 Å². The largest absolute Gasteiger partial charge is 0.503 e. The van der Waals surface area contributed by atoms with Crippen molar-refractivity contribution in [3.63, 3.8) is 0 Å². The van der Waals surface area contributed by atoms with Gasteiger partial charge in [-0.15, -0.1) is 0 Å². The fourth-order valence-electron chi connectivity index (χ4n) is 2.52. The number of carbonyl (C=O) groups excluding carboxylic acids is 1. The van der Waals surface area contributed by atoms with E-state index in [-0.39, 0.29) is 24.7 Å². The maximum absolute atomic E-state index is 12.9. The molecule has 0 saturated heterocycles. The Balaban J connectivity index is 1.70. The van der Waals surface area contributed by atoms with E-state index >= 15 is 0 Å². The summed E-state index contributed by atoms with van der Waals surface area (Å²) in [7, 11) is 1.55. The first-order valence-corrected chi connectivity index (χ1v) is 7.98. The van der Waals surface area contributed by atoms with Crippen molar-refractivity contribution >= 4 is 11.5 Å². The van der Waals surface area contributed by atoms with Crippen molar-refractivity contribution in [3.05, 3.63) is 59.5 Å². The number of ether oxygens (including phenoxy) is 2. The van der Waals surface area contributed by atoms with E-state index < -0.39 is 5.91 Å². The second-order valence-corrected chi connectivity index (χ2v) is 5.70. The molecular formula is C18H18FN3O4. The van der Waals surface area contributed by atoms with Crippen LogP contribution in [0.25, 0.3) is 5.57 Å². The zero-order chi connectivity index (χ0) is 18.5. The molecule has 2 aromatic rings. The Kier molecular flexibility index (Phi) is 5.43. The molecule has 1 aromatic heterocycles. The summed E-state index contributed by atoms with van der Waals surface area (Å²) in [6.07, 6.45) is 1.30. The summed E-state index contributed by atoms with van der Waals surface area (Å²) in [5, 5.41) is 10.1. The van der Waals surface area contributed by atoms with Crippen molar-refractivity contribution in [2.24, 2.45) is 0 Å². The Morgan fingerprint density at radius 1 is 1.27 bits per heavy atom. The smallest absolute Gasteiger partial charge is 0.289 e. The number of rotatable bonds is 7. The molecule has 1 amide bonds. The highest BCUT2D eigenvalue weighted by molar-refractivity contribution is 6.03. The number of amides is 1. The predicted octanol–water partition coefficient (Wildman–Crippen LogP) is 1.95. The molecule has 1 aliphatic heterocycles. The molecule has 0 bridgehead atoms. The summed E-state index contributed by atoms with van der Waals surface area (Å²) in [6, 6.07) is 7.50. The normalized spacial score (nSPS) is 14.2. The monoisotopic (exact) mass is 359 g/mol. The Morgan fingerprint density at radius 3 is 2.77 bits per heavy atom. The van der Waals surface area contributed by atoms with Gasteiger partial charge in [0.15, 0.2) is 5.76 Å². The van der Waals surface area contributed by atoms with Crippen LogP contribution in [0.3, 0.4) is 0 Å². The zero-order valence-electron chi connectivity index (χ0n) is 14.2. The van der Waals surface area contributed by atoms with Crippen LogP contribution in [0.1, 0.15) is 11.3 Å². The topological polar surface area (TPSA) is 84.8 Å². The van der Waals surface area contributed by atoms with E-state index in [1.807, 2.05) is 0 Å². The van der Waals surface area contributed by atoms with Crippen LogP contribution in [0, 0.1) is 5.82 Å². The van der Waals surface area contributed by atoms with Crippen molar-refractivity contribution in [3.8, 4) is 5.88 Å². The van der Waals surface area contributed by atoms with Crippen molar-refractivity contribution in [2.75, 3.05) is 26.8 Å². The number of aliphatic hydroxyl groups excluding tert-OH is 1. The fraction of sp³-hybridized carbons (Fsp3) is 0.278. The van der Waals surface area contributed by atoms with Crippen LogP contribution in [0.4, 0.5) is 4.39 Å². The molecule has 0 unspecified atom stereocenters. The van der Waals surface area contributed by atoms with Gasteiger partial charge in [-0.3, -0.25) is 4.79 Å². The van der Waals surface area contributed by atoms with Gasteiger partial charge in [-0.2, -0.15) is 0 Å². The molecule has 0 saturated carbocycles. The first kappa shape index (κ1) is 17.8. The van der Waals surface area contributed by atoms with Crippen LogP contribution in [0.15, 0.2) is 42.4 Å². The van der Waals surface area contributed by atoms with Crippen molar-refractivity contribution < 1.29 is 23.8 Å². The molecule has 2 heterocycles. The first-order valence-electron chi connectivity index (χ1n) is 7.98. The Morgan fingerprint density at radius 2 is 2.04 bits per heavy atom. The molecule has 0 spiro atoms. The summed E-state index contributed by atoms with van der Waals surface area (Å²) in [5.74, 6) is -0.805.